The SMILES string of the molecule is CCSc1cccc(Cl)c1S(=O)(=O)OC[PH](=O)O. The summed E-state index contributed by atoms with van der Waals surface area (Å²) in [4.78, 5) is 8.93. The van der Waals surface area contributed by atoms with Crippen LogP contribution >= 0.6 is 31.4 Å². The largest absolute Gasteiger partial charge is 0.345 e. The van der Waals surface area contributed by atoms with Gasteiger partial charge in [-0.25, -0.2) is 0 Å². The number of hydrogen-bond donors (Lipinski definition) is 1. The Morgan fingerprint density at radius 3 is 2.72 bits per heavy atom. The molecule has 102 valence electrons. The number of hydrogen-bond acceptors (Lipinski definition) is 5. The van der Waals surface area contributed by atoms with E-state index in [0.29, 0.717) is 10.6 Å². The highest BCUT2D eigenvalue weighted by atomic mass is 35.5. The Morgan fingerprint density at radius 2 is 2.17 bits per heavy atom. The van der Waals surface area contributed by atoms with Gasteiger partial charge in [0.15, 0.2) is 0 Å². The lowest BCUT2D eigenvalue weighted by molar-refractivity contribution is 0.354. The first-order chi connectivity index (χ1) is 8.38. The van der Waals surface area contributed by atoms with Gasteiger partial charge in [0.1, 0.15) is 11.2 Å². The predicted molar refractivity (Wildman–Crippen MR) is 72.2 cm³/mol. The van der Waals surface area contributed by atoms with Crippen LogP contribution in [0.3, 0.4) is 0 Å². The molecule has 0 saturated carbocycles. The number of thioether (sulfide) groups is 1. The van der Waals surface area contributed by atoms with Crippen LogP contribution in [0.2, 0.25) is 5.02 Å². The third-order valence-corrected chi connectivity index (χ3v) is 5.28. The summed E-state index contributed by atoms with van der Waals surface area (Å²) in [5.41, 5.74) is 0. The first-order valence-corrected chi connectivity index (χ1v) is 9.24. The fourth-order valence-electron chi connectivity index (χ4n) is 1.19. The van der Waals surface area contributed by atoms with Gasteiger partial charge >= 0.3 is 0 Å². The van der Waals surface area contributed by atoms with E-state index in [4.69, 9.17) is 16.5 Å². The first-order valence-electron chi connectivity index (χ1n) is 4.91. The summed E-state index contributed by atoms with van der Waals surface area (Å²) in [6, 6.07) is 4.67. The zero-order valence-electron chi connectivity index (χ0n) is 9.42. The minimum atomic E-state index is -4.13. The van der Waals surface area contributed by atoms with Crippen LogP contribution in [-0.2, 0) is 18.9 Å². The van der Waals surface area contributed by atoms with Crippen LogP contribution < -0.4 is 0 Å². The van der Waals surface area contributed by atoms with Crippen molar-refractivity contribution in [2.75, 3.05) is 12.1 Å². The molecule has 1 aromatic carbocycles. The number of halogens is 1. The summed E-state index contributed by atoms with van der Waals surface area (Å²) >= 11 is 7.16. The molecule has 1 unspecified atom stereocenters. The van der Waals surface area contributed by atoms with Gasteiger partial charge in [-0.15, -0.1) is 11.8 Å². The van der Waals surface area contributed by atoms with Gasteiger partial charge in [0.2, 0.25) is 8.03 Å². The molecular formula is C9H12ClO5PS2. The molecule has 0 bridgehead atoms. The molecule has 9 heteroatoms. The Morgan fingerprint density at radius 1 is 1.50 bits per heavy atom. The Balaban J connectivity index is 3.17. The zero-order valence-corrected chi connectivity index (χ0v) is 12.8. The predicted octanol–water partition coefficient (Wildman–Crippen LogP) is 2.58. The lowest BCUT2D eigenvalue weighted by atomic mass is 10.4. The molecule has 1 rings (SSSR count). The van der Waals surface area contributed by atoms with Gasteiger partial charge in [-0.2, -0.15) is 8.42 Å². The smallest absolute Gasteiger partial charge is 0.300 e. The van der Waals surface area contributed by atoms with Crippen molar-refractivity contribution in [3.05, 3.63) is 23.2 Å². The summed E-state index contributed by atoms with van der Waals surface area (Å²) < 4.78 is 38.8. The second kappa shape index (κ2) is 6.93. The van der Waals surface area contributed by atoms with Gasteiger partial charge < -0.3 is 4.89 Å². The van der Waals surface area contributed by atoms with Crippen molar-refractivity contribution < 1.29 is 22.1 Å². The molecule has 1 N–H and O–H groups in total. The maximum Gasteiger partial charge on any atom is 0.300 e. The van der Waals surface area contributed by atoms with Crippen molar-refractivity contribution >= 4 is 41.5 Å². The second-order valence-electron chi connectivity index (χ2n) is 3.11. The molecule has 0 fully saturated rings. The maximum atomic E-state index is 11.9. The standard InChI is InChI=1S/C9H12ClO5PS2/c1-2-17-8-5-3-4-7(10)9(8)18(13,14)15-6-16(11)12/h3-5,16H,2,6H2,1H3,(H,11,12). The maximum absolute atomic E-state index is 11.9. The van der Waals surface area contributed by atoms with Crippen LogP contribution in [0.25, 0.3) is 0 Å². The van der Waals surface area contributed by atoms with Crippen LogP contribution in [-0.4, -0.2) is 25.4 Å². The van der Waals surface area contributed by atoms with Crippen LogP contribution in [0.15, 0.2) is 28.0 Å². The zero-order chi connectivity index (χ0) is 13.8. The molecule has 18 heavy (non-hydrogen) atoms. The summed E-state index contributed by atoms with van der Waals surface area (Å²) in [6.07, 6.45) is -0.742. The average Bonchev–Trinajstić information content (AvgIpc) is 2.27. The minimum absolute atomic E-state index is 0.0334. The Bertz CT molecular complexity index is 546. The molecule has 0 saturated heterocycles. The third kappa shape index (κ3) is 4.26. The lowest BCUT2D eigenvalue weighted by Crippen LogP contribution is -2.08. The van der Waals surface area contributed by atoms with Crippen molar-refractivity contribution in [3.63, 3.8) is 0 Å². The lowest BCUT2D eigenvalue weighted by Gasteiger charge is -2.10. The summed E-state index contributed by atoms with van der Waals surface area (Å²) in [5.74, 6) is 0.666. The third-order valence-electron chi connectivity index (χ3n) is 1.82. The van der Waals surface area contributed by atoms with E-state index in [0.717, 1.165) is 0 Å². The van der Waals surface area contributed by atoms with E-state index in [9.17, 15) is 13.0 Å². The average molecular weight is 331 g/mol. The molecule has 0 radical (unpaired) electrons. The van der Waals surface area contributed by atoms with Gasteiger partial charge in [0.25, 0.3) is 10.1 Å². The number of rotatable bonds is 6. The van der Waals surface area contributed by atoms with E-state index >= 15 is 0 Å². The molecule has 0 spiro atoms. The van der Waals surface area contributed by atoms with Crippen molar-refractivity contribution in [2.24, 2.45) is 0 Å². The van der Waals surface area contributed by atoms with Crippen molar-refractivity contribution in [3.8, 4) is 0 Å². The minimum Gasteiger partial charge on any atom is -0.345 e. The quantitative estimate of drug-likeness (QED) is 0.490. The summed E-state index contributed by atoms with van der Waals surface area (Å²) in [7, 11) is -7.14. The van der Waals surface area contributed by atoms with E-state index in [1.807, 2.05) is 6.92 Å². The molecule has 1 atom stereocenters. The molecule has 0 heterocycles. The van der Waals surface area contributed by atoms with Crippen LogP contribution in [0, 0.1) is 0 Å². The monoisotopic (exact) mass is 330 g/mol. The van der Waals surface area contributed by atoms with Crippen molar-refractivity contribution in [1.29, 1.82) is 0 Å². The fraction of sp³-hybridized carbons (Fsp3) is 0.333. The fourth-order valence-corrected chi connectivity index (χ4v) is 4.67. The molecular weight excluding hydrogens is 319 g/mol. The molecule has 0 aliphatic carbocycles. The van der Waals surface area contributed by atoms with Crippen LogP contribution in [0.1, 0.15) is 6.92 Å². The highest BCUT2D eigenvalue weighted by Gasteiger charge is 2.23. The molecule has 0 aliphatic rings. The second-order valence-corrected chi connectivity index (χ2v) is 7.45. The van der Waals surface area contributed by atoms with E-state index in [2.05, 4.69) is 4.18 Å². The highest BCUT2D eigenvalue weighted by molar-refractivity contribution is 8.00. The van der Waals surface area contributed by atoms with Crippen molar-refractivity contribution in [2.45, 2.75) is 16.7 Å². The molecule has 0 aromatic heterocycles. The van der Waals surface area contributed by atoms with Gasteiger partial charge in [0.05, 0.1) is 5.02 Å². The molecule has 0 aliphatic heterocycles. The topological polar surface area (TPSA) is 80.7 Å². The summed E-state index contributed by atoms with van der Waals surface area (Å²) in [5, 5.41) is 0.0334. The first kappa shape index (κ1) is 16.0. The van der Waals surface area contributed by atoms with E-state index in [-0.39, 0.29) is 9.92 Å². The van der Waals surface area contributed by atoms with Crippen LogP contribution in [0.5, 0.6) is 0 Å². The van der Waals surface area contributed by atoms with Crippen LogP contribution in [0.4, 0.5) is 0 Å². The Hall–Kier alpha value is -0.0400. The van der Waals surface area contributed by atoms with Gasteiger partial charge in [-0.3, -0.25) is 8.75 Å². The van der Waals surface area contributed by atoms with Crippen molar-refractivity contribution in [1.82, 2.24) is 0 Å². The normalized spacial score (nSPS) is 13.5. The Kier molecular flexibility index (Phi) is 6.17. The molecule has 1 aromatic rings. The van der Waals surface area contributed by atoms with E-state index in [1.54, 1.807) is 12.1 Å². The van der Waals surface area contributed by atoms with E-state index in [1.165, 1.54) is 17.8 Å². The summed E-state index contributed by atoms with van der Waals surface area (Å²) in [6.45, 7) is 1.87. The van der Waals surface area contributed by atoms with Gasteiger partial charge in [-0.05, 0) is 17.9 Å². The molecule has 5 nitrogen and oxygen atoms in total. The highest BCUT2D eigenvalue weighted by Crippen LogP contribution is 2.34. The number of benzene rings is 1. The van der Waals surface area contributed by atoms with Gasteiger partial charge in [0, 0.05) is 4.90 Å². The van der Waals surface area contributed by atoms with E-state index < -0.39 is 24.5 Å². The Labute approximate surface area is 115 Å². The molecule has 0 amide bonds. The van der Waals surface area contributed by atoms with Gasteiger partial charge in [-0.1, -0.05) is 24.6 Å².